The summed E-state index contributed by atoms with van der Waals surface area (Å²) in [7, 11) is 0. The monoisotopic (exact) mass is 343 g/mol. The number of hydrogen-bond donors (Lipinski definition) is 1. The van der Waals surface area contributed by atoms with Crippen LogP contribution in [-0.2, 0) is 0 Å². The van der Waals surface area contributed by atoms with Gasteiger partial charge in [0.15, 0.2) is 5.78 Å². The van der Waals surface area contributed by atoms with E-state index >= 15 is 0 Å². The van der Waals surface area contributed by atoms with Crippen LogP contribution in [-0.4, -0.2) is 10.8 Å². The van der Waals surface area contributed by atoms with Crippen molar-refractivity contribution in [2.75, 3.05) is 0 Å². The molecule has 3 aromatic carbocycles. The lowest BCUT2D eigenvalue weighted by Crippen LogP contribution is -2.09. The van der Waals surface area contributed by atoms with Crippen LogP contribution in [0.3, 0.4) is 0 Å². The lowest BCUT2D eigenvalue weighted by atomic mass is 9.85. The van der Waals surface area contributed by atoms with Crippen molar-refractivity contribution in [3.8, 4) is 0 Å². The molecule has 128 valence electrons. The van der Waals surface area contributed by atoms with Crippen molar-refractivity contribution in [1.29, 1.82) is 0 Å². The van der Waals surface area contributed by atoms with Gasteiger partial charge in [0.1, 0.15) is 5.82 Å². The van der Waals surface area contributed by atoms with Crippen molar-refractivity contribution in [3.63, 3.8) is 0 Å². The van der Waals surface area contributed by atoms with E-state index in [0.29, 0.717) is 12.0 Å². The third-order valence-corrected chi connectivity index (χ3v) is 4.75. The highest BCUT2D eigenvalue weighted by Gasteiger charge is 2.22. The molecule has 1 atom stereocenters. The number of hydrogen-bond acceptors (Lipinski definition) is 1. The van der Waals surface area contributed by atoms with Crippen LogP contribution >= 0.6 is 0 Å². The molecule has 0 fully saturated rings. The van der Waals surface area contributed by atoms with Gasteiger partial charge in [-0.15, -0.1) is 0 Å². The molecule has 0 aliphatic heterocycles. The molecule has 4 aromatic rings. The summed E-state index contributed by atoms with van der Waals surface area (Å²) in [5, 5.41) is 1.09. The lowest BCUT2D eigenvalue weighted by molar-refractivity contribution is 0.0978. The van der Waals surface area contributed by atoms with Crippen molar-refractivity contribution in [2.45, 2.75) is 12.3 Å². The fraction of sp³-hybridized carbons (Fsp3) is 0.0870. The van der Waals surface area contributed by atoms with Gasteiger partial charge in [0.05, 0.1) is 0 Å². The first-order valence-electron chi connectivity index (χ1n) is 8.62. The predicted molar refractivity (Wildman–Crippen MR) is 102 cm³/mol. The van der Waals surface area contributed by atoms with E-state index in [4.69, 9.17) is 0 Å². The fourth-order valence-electron chi connectivity index (χ4n) is 3.41. The van der Waals surface area contributed by atoms with E-state index in [1.54, 1.807) is 12.1 Å². The number of carbonyl (C=O) groups excluding carboxylic acids is 1. The zero-order valence-electron chi connectivity index (χ0n) is 14.2. The Morgan fingerprint density at radius 1 is 0.885 bits per heavy atom. The first-order valence-corrected chi connectivity index (χ1v) is 8.62. The number of fused-ring (bicyclic) bond motifs is 1. The van der Waals surface area contributed by atoms with Crippen LogP contribution < -0.4 is 0 Å². The van der Waals surface area contributed by atoms with Crippen LogP contribution in [0.4, 0.5) is 4.39 Å². The number of benzene rings is 3. The van der Waals surface area contributed by atoms with Gasteiger partial charge in [0.25, 0.3) is 0 Å². The summed E-state index contributed by atoms with van der Waals surface area (Å²) >= 11 is 0. The Bertz CT molecular complexity index is 1030. The summed E-state index contributed by atoms with van der Waals surface area (Å²) in [6, 6.07) is 23.7. The third-order valence-electron chi connectivity index (χ3n) is 4.75. The molecule has 4 rings (SSSR count). The molecular weight excluding hydrogens is 325 g/mol. The second-order valence-electron chi connectivity index (χ2n) is 6.39. The predicted octanol–water partition coefficient (Wildman–Crippen LogP) is 5.71. The minimum atomic E-state index is -0.277. The Morgan fingerprint density at radius 2 is 1.58 bits per heavy atom. The first kappa shape index (κ1) is 16.3. The quantitative estimate of drug-likeness (QED) is 0.462. The molecule has 26 heavy (non-hydrogen) atoms. The average molecular weight is 343 g/mol. The number of aromatic amines is 1. The van der Waals surface area contributed by atoms with E-state index in [1.807, 2.05) is 60.8 Å². The molecular formula is C23H18FNO. The Kier molecular flexibility index (Phi) is 4.36. The Labute approximate surface area is 151 Å². The van der Waals surface area contributed by atoms with Gasteiger partial charge >= 0.3 is 0 Å². The minimum absolute atomic E-state index is 0.0743. The third kappa shape index (κ3) is 3.16. The highest BCUT2D eigenvalue weighted by Crippen LogP contribution is 2.34. The molecule has 0 radical (unpaired) electrons. The summed E-state index contributed by atoms with van der Waals surface area (Å²) in [4.78, 5) is 16.1. The van der Waals surface area contributed by atoms with E-state index in [-0.39, 0.29) is 17.5 Å². The first-order chi connectivity index (χ1) is 12.7. The van der Waals surface area contributed by atoms with Crippen molar-refractivity contribution in [1.82, 2.24) is 4.98 Å². The SMILES string of the molecule is O=C(CC(c1ccc(F)cc1)c1c[nH]c2ccccc12)c1ccccc1. The number of halogens is 1. The second kappa shape index (κ2) is 6.96. The van der Waals surface area contributed by atoms with Gasteiger partial charge in [0.2, 0.25) is 0 Å². The molecule has 0 bridgehead atoms. The summed E-state index contributed by atoms with van der Waals surface area (Å²) in [5.74, 6) is -0.342. The number of rotatable bonds is 5. The number of ketones is 1. The average Bonchev–Trinajstić information content (AvgIpc) is 3.11. The number of nitrogens with one attached hydrogen (secondary N) is 1. The van der Waals surface area contributed by atoms with Gasteiger partial charge in [-0.1, -0.05) is 60.7 Å². The molecule has 0 amide bonds. The highest BCUT2D eigenvalue weighted by molar-refractivity contribution is 5.97. The number of H-pyrrole nitrogens is 1. The maximum atomic E-state index is 13.4. The molecule has 1 aromatic heterocycles. The summed E-state index contributed by atoms with van der Waals surface area (Å²) in [5.41, 5.74) is 3.71. The molecule has 2 nitrogen and oxygen atoms in total. The number of aromatic nitrogens is 1. The van der Waals surface area contributed by atoms with Crippen LogP contribution in [0.1, 0.15) is 33.8 Å². The van der Waals surface area contributed by atoms with E-state index in [0.717, 1.165) is 22.0 Å². The van der Waals surface area contributed by atoms with E-state index in [9.17, 15) is 9.18 Å². The molecule has 0 aliphatic rings. The molecule has 3 heteroatoms. The zero-order chi connectivity index (χ0) is 17.9. The molecule has 0 spiro atoms. The van der Waals surface area contributed by atoms with Crippen LogP contribution in [0.5, 0.6) is 0 Å². The van der Waals surface area contributed by atoms with Crippen molar-refractivity contribution < 1.29 is 9.18 Å². The van der Waals surface area contributed by atoms with Gasteiger partial charge < -0.3 is 4.98 Å². The van der Waals surface area contributed by atoms with Gasteiger partial charge in [-0.2, -0.15) is 0 Å². The van der Waals surface area contributed by atoms with Crippen LogP contribution in [0.2, 0.25) is 0 Å². The highest BCUT2D eigenvalue weighted by atomic mass is 19.1. The van der Waals surface area contributed by atoms with Gasteiger partial charge in [-0.05, 0) is 29.3 Å². The summed E-state index contributed by atoms with van der Waals surface area (Å²) in [6.07, 6.45) is 2.29. The van der Waals surface area contributed by atoms with Gasteiger partial charge in [-0.25, -0.2) is 4.39 Å². The van der Waals surface area contributed by atoms with E-state index < -0.39 is 0 Å². The normalized spacial score (nSPS) is 12.2. The number of Topliss-reactive ketones (excluding diaryl/α,β-unsaturated/α-hetero) is 1. The number of para-hydroxylation sites is 1. The van der Waals surface area contributed by atoms with Gasteiger partial charge in [0, 0.05) is 35.0 Å². The molecule has 1 unspecified atom stereocenters. The standard InChI is InChI=1S/C23H18FNO/c24-18-12-10-16(11-13-18)20(14-23(26)17-6-2-1-3-7-17)21-15-25-22-9-5-4-8-19(21)22/h1-13,15,20,25H,14H2. The molecule has 0 saturated carbocycles. The van der Waals surface area contributed by atoms with E-state index in [1.165, 1.54) is 12.1 Å². The zero-order valence-corrected chi connectivity index (χ0v) is 14.2. The maximum Gasteiger partial charge on any atom is 0.163 e. The Balaban J connectivity index is 1.77. The van der Waals surface area contributed by atoms with Crippen LogP contribution in [0.15, 0.2) is 85.1 Å². The number of carbonyl (C=O) groups is 1. The molecule has 0 saturated heterocycles. The lowest BCUT2D eigenvalue weighted by Gasteiger charge is -2.17. The maximum absolute atomic E-state index is 13.4. The smallest absolute Gasteiger partial charge is 0.163 e. The Hall–Kier alpha value is -3.20. The molecule has 0 aliphatic carbocycles. The topological polar surface area (TPSA) is 32.9 Å². The van der Waals surface area contributed by atoms with Crippen molar-refractivity contribution in [2.24, 2.45) is 0 Å². The van der Waals surface area contributed by atoms with Crippen LogP contribution in [0.25, 0.3) is 10.9 Å². The Morgan fingerprint density at radius 3 is 2.35 bits per heavy atom. The van der Waals surface area contributed by atoms with Gasteiger partial charge in [-0.3, -0.25) is 4.79 Å². The van der Waals surface area contributed by atoms with E-state index in [2.05, 4.69) is 4.98 Å². The van der Waals surface area contributed by atoms with Crippen molar-refractivity contribution >= 4 is 16.7 Å². The summed E-state index contributed by atoms with van der Waals surface area (Å²) in [6.45, 7) is 0. The molecule has 1 N–H and O–H groups in total. The minimum Gasteiger partial charge on any atom is -0.361 e. The van der Waals surface area contributed by atoms with Crippen molar-refractivity contribution in [3.05, 3.63) is 108 Å². The second-order valence-corrected chi connectivity index (χ2v) is 6.39. The molecule has 1 heterocycles. The fourth-order valence-corrected chi connectivity index (χ4v) is 3.41. The largest absolute Gasteiger partial charge is 0.361 e. The van der Waals surface area contributed by atoms with Crippen LogP contribution in [0, 0.1) is 5.82 Å². The summed E-state index contributed by atoms with van der Waals surface area (Å²) < 4.78 is 13.4.